The molecule has 0 N–H and O–H groups in total. The lowest BCUT2D eigenvalue weighted by atomic mass is 10.00. The summed E-state index contributed by atoms with van der Waals surface area (Å²) < 4.78 is 22.6. The lowest BCUT2D eigenvalue weighted by Crippen LogP contribution is -2.18. The average molecular weight is 475 g/mol. The maximum absolute atomic E-state index is 12.5. The Labute approximate surface area is 199 Å². The highest BCUT2D eigenvalue weighted by molar-refractivity contribution is 6.29. The van der Waals surface area contributed by atoms with Crippen molar-refractivity contribution in [2.75, 3.05) is 7.11 Å². The van der Waals surface area contributed by atoms with Gasteiger partial charge in [0, 0.05) is 28.0 Å². The van der Waals surface area contributed by atoms with E-state index in [1.807, 2.05) is 48.5 Å². The standard InChI is InChI=1S/C27H19ClO6/c1-15(28)27(30)34-23-13-19-20(22-11-17-9-6-10-21(31-2)26(17)33-22)14-25(29)32-24(19)12-18(23)16-7-4-3-5-8-16/h3-15H,1-2H3. The number of hydrogen-bond donors (Lipinski definition) is 0. The molecule has 0 aliphatic heterocycles. The molecule has 0 saturated carbocycles. The van der Waals surface area contributed by atoms with Gasteiger partial charge in [0.15, 0.2) is 11.3 Å². The summed E-state index contributed by atoms with van der Waals surface area (Å²) in [5.74, 6) is 0.728. The fraction of sp³-hybridized carbons (Fsp3) is 0.111. The van der Waals surface area contributed by atoms with Gasteiger partial charge in [-0.15, -0.1) is 11.6 Å². The Kier molecular flexibility index (Phi) is 5.59. The third-order valence-electron chi connectivity index (χ3n) is 5.46. The zero-order valence-electron chi connectivity index (χ0n) is 18.3. The van der Waals surface area contributed by atoms with Gasteiger partial charge >= 0.3 is 11.6 Å². The maximum atomic E-state index is 12.5. The van der Waals surface area contributed by atoms with Crippen molar-refractivity contribution >= 4 is 39.5 Å². The molecule has 0 amide bonds. The van der Waals surface area contributed by atoms with Crippen molar-refractivity contribution in [3.8, 4) is 33.9 Å². The number of alkyl halides is 1. The number of carbonyl (C=O) groups excluding carboxylic acids is 1. The van der Waals surface area contributed by atoms with Crippen LogP contribution in [0.3, 0.4) is 0 Å². The number of halogens is 1. The molecule has 0 radical (unpaired) electrons. The van der Waals surface area contributed by atoms with E-state index >= 15 is 0 Å². The maximum Gasteiger partial charge on any atom is 0.336 e. The minimum atomic E-state index is -0.838. The van der Waals surface area contributed by atoms with Crippen LogP contribution in [-0.4, -0.2) is 18.5 Å². The third kappa shape index (κ3) is 3.93. The molecule has 0 aliphatic carbocycles. The number of hydrogen-bond acceptors (Lipinski definition) is 6. The normalized spacial score (nSPS) is 12.1. The van der Waals surface area contributed by atoms with Crippen LogP contribution in [0.25, 0.3) is 44.4 Å². The minimum Gasteiger partial charge on any atom is -0.493 e. The summed E-state index contributed by atoms with van der Waals surface area (Å²) in [4.78, 5) is 24.8. The monoisotopic (exact) mass is 474 g/mol. The van der Waals surface area contributed by atoms with Crippen LogP contribution in [0.2, 0.25) is 0 Å². The van der Waals surface area contributed by atoms with E-state index in [1.165, 1.54) is 6.07 Å². The van der Waals surface area contributed by atoms with Crippen molar-refractivity contribution in [3.05, 3.63) is 83.2 Å². The Morgan fingerprint density at radius 3 is 2.44 bits per heavy atom. The van der Waals surface area contributed by atoms with Gasteiger partial charge in [-0.25, -0.2) is 4.79 Å². The van der Waals surface area contributed by atoms with E-state index < -0.39 is 17.0 Å². The molecule has 2 heterocycles. The highest BCUT2D eigenvalue weighted by Gasteiger charge is 2.20. The number of rotatable bonds is 5. The largest absolute Gasteiger partial charge is 0.493 e. The summed E-state index contributed by atoms with van der Waals surface area (Å²) in [7, 11) is 1.56. The molecular weight excluding hydrogens is 456 g/mol. The van der Waals surface area contributed by atoms with Crippen molar-refractivity contribution in [2.24, 2.45) is 0 Å². The van der Waals surface area contributed by atoms with Crippen molar-refractivity contribution in [2.45, 2.75) is 12.3 Å². The molecule has 0 saturated heterocycles. The Morgan fingerprint density at radius 2 is 1.71 bits per heavy atom. The SMILES string of the molecule is COc1cccc2cc(-c3cc(=O)oc4cc(-c5ccccc5)c(OC(=O)C(C)Cl)cc34)oc12. The molecule has 7 heteroatoms. The van der Waals surface area contributed by atoms with E-state index in [-0.39, 0.29) is 0 Å². The van der Waals surface area contributed by atoms with Crippen LogP contribution in [0.5, 0.6) is 11.5 Å². The van der Waals surface area contributed by atoms with Crippen LogP contribution in [0.1, 0.15) is 6.92 Å². The van der Waals surface area contributed by atoms with Crippen LogP contribution >= 0.6 is 11.6 Å². The average Bonchev–Trinajstić information content (AvgIpc) is 3.28. The summed E-state index contributed by atoms with van der Waals surface area (Å²) in [5, 5.41) is 0.525. The zero-order valence-corrected chi connectivity index (χ0v) is 19.1. The molecule has 0 aliphatic rings. The fourth-order valence-corrected chi connectivity index (χ4v) is 3.88. The van der Waals surface area contributed by atoms with E-state index in [0.717, 1.165) is 10.9 Å². The first-order valence-corrected chi connectivity index (χ1v) is 11.0. The van der Waals surface area contributed by atoms with Gasteiger partial charge in [0.25, 0.3) is 0 Å². The quantitative estimate of drug-likeness (QED) is 0.127. The van der Waals surface area contributed by atoms with Crippen molar-refractivity contribution in [1.29, 1.82) is 0 Å². The number of esters is 1. The van der Waals surface area contributed by atoms with Crippen LogP contribution in [0.4, 0.5) is 0 Å². The molecule has 170 valence electrons. The molecule has 34 heavy (non-hydrogen) atoms. The first-order chi connectivity index (χ1) is 16.4. The summed E-state index contributed by atoms with van der Waals surface area (Å²) in [6, 6.07) is 21.4. The van der Waals surface area contributed by atoms with E-state index in [2.05, 4.69) is 0 Å². The summed E-state index contributed by atoms with van der Waals surface area (Å²) in [5.41, 5.74) is 2.23. The van der Waals surface area contributed by atoms with Gasteiger partial charge in [-0.2, -0.15) is 0 Å². The summed E-state index contributed by atoms with van der Waals surface area (Å²) in [6.07, 6.45) is 0. The number of benzene rings is 3. The topological polar surface area (TPSA) is 78.9 Å². The second-order valence-corrected chi connectivity index (χ2v) is 8.37. The smallest absolute Gasteiger partial charge is 0.336 e. The molecule has 1 unspecified atom stereocenters. The predicted molar refractivity (Wildman–Crippen MR) is 131 cm³/mol. The third-order valence-corrected chi connectivity index (χ3v) is 5.64. The minimum absolute atomic E-state index is 0.292. The molecule has 1 atom stereocenters. The van der Waals surface area contributed by atoms with Gasteiger partial charge in [-0.1, -0.05) is 42.5 Å². The van der Waals surface area contributed by atoms with Gasteiger partial charge in [-0.3, -0.25) is 4.79 Å². The number of para-hydroxylation sites is 1. The number of furan rings is 1. The number of methoxy groups -OCH3 is 1. The number of carbonyl (C=O) groups is 1. The van der Waals surface area contributed by atoms with Gasteiger partial charge in [0.2, 0.25) is 0 Å². The van der Waals surface area contributed by atoms with Gasteiger partial charge in [0.1, 0.15) is 22.5 Å². The molecule has 0 bridgehead atoms. The Bertz CT molecular complexity index is 1580. The second-order valence-electron chi connectivity index (χ2n) is 7.72. The summed E-state index contributed by atoms with van der Waals surface area (Å²) in [6.45, 7) is 1.54. The summed E-state index contributed by atoms with van der Waals surface area (Å²) >= 11 is 5.96. The predicted octanol–water partition coefficient (Wildman–Crippen LogP) is 6.41. The fourth-order valence-electron chi connectivity index (χ4n) is 3.84. The van der Waals surface area contributed by atoms with Crippen LogP contribution in [0, 0.1) is 0 Å². The van der Waals surface area contributed by atoms with Gasteiger partial charge < -0.3 is 18.3 Å². The number of ether oxygens (including phenoxy) is 2. The molecule has 5 rings (SSSR count). The lowest BCUT2D eigenvalue weighted by Gasteiger charge is -2.13. The zero-order chi connectivity index (χ0) is 23.8. The number of fused-ring (bicyclic) bond motifs is 2. The van der Waals surface area contributed by atoms with Crippen LogP contribution in [-0.2, 0) is 4.79 Å². The first-order valence-electron chi connectivity index (χ1n) is 10.5. The molecule has 3 aromatic carbocycles. The van der Waals surface area contributed by atoms with Crippen molar-refractivity contribution in [1.82, 2.24) is 0 Å². The Morgan fingerprint density at radius 1 is 0.912 bits per heavy atom. The molecular formula is C27H19ClO6. The van der Waals surface area contributed by atoms with Crippen LogP contribution in [0.15, 0.2) is 86.4 Å². The lowest BCUT2D eigenvalue weighted by molar-refractivity contribution is -0.133. The van der Waals surface area contributed by atoms with E-state index in [1.54, 1.807) is 32.2 Å². The molecule has 5 aromatic rings. The molecule has 2 aromatic heterocycles. The molecule has 0 spiro atoms. The van der Waals surface area contributed by atoms with E-state index in [0.29, 0.717) is 44.9 Å². The van der Waals surface area contributed by atoms with Crippen molar-refractivity contribution in [3.63, 3.8) is 0 Å². The molecule has 6 nitrogen and oxygen atoms in total. The van der Waals surface area contributed by atoms with Gasteiger partial charge in [-0.05, 0) is 36.8 Å². The van der Waals surface area contributed by atoms with Crippen LogP contribution < -0.4 is 15.1 Å². The van der Waals surface area contributed by atoms with Crippen molar-refractivity contribution < 1.29 is 23.1 Å². The Hall–Kier alpha value is -4.03. The first kappa shape index (κ1) is 21.8. The molecule has 0 fully saturated rings. The highest BCUT2D eigenvalue weighted by Crippen LogP contribution is 2.40. The van der Waals surface area contributed by atoms with Gasteiger partial charge in [0.05, 0.1) is 7.11 Å². The second kappa shape index (κ2) is 8.72. The Balaban J connectivity index is 1.77. The van der Waals surface area contributed by atoms with E-state index in [9.17, 15) is 9.59 Å². The van der Waals surface area contributed by atoms with E-state index in [4.69, 9.17) is 29.9 Å². The highest BCUT2D eigenvalue weighted by atomic mass is 35.5.